The Labute approximate surface area is 105 Å². The first-order valence-electron chi connectivity index (χ1n) is 6.30. The van der Waals surface area contributed by atoms with Crippen LogP contribution >= 0.6 is 0 Å². The lowest BCUT2D eigenvalue weighted by Gasteiger charge is -2.37. The van der Waals surface area contributed by atoms with E-state index in [0.29, 0.717) is 18.7 Å². The topological polar surface area (TPSA) is 42.4 Å². The van der Waals surface area contributed by atoms with Crippen LogP contribution in [0.4, 0.5) is 4.39 Å². The van der Waals surface area contributed by atoms with Crippen molar-refractivity contribution in [1.82, 2.24) is 9.88 Å². The van der Waals surface area contributed by atoms with Gasteiger partial charge in [-0.2, -0.15) is 4.39 Å². The van der Waals surface area contributed by atoms with E-state index in [1.165, 1.54) is 18.3 Å². The number of carbonyl (C=O) groups is 1. The third kappa shape index (κ3) is 1.99. The number of pyridine rings is 1. The zero-order valence-electron chi connectivity index (χ0n) is 10.0. The first-order chi connectivity index (χ1) is 8.75. The Morgan fingerprint density at radius 2 is 2.33 bits per heavy atom. The molecule has 1 aromatic rings. The number of halogens is 1. The van der Waals surface area contributed by atoms with Gasteiger partial charge >= 0.3 is 0 Å². The van der Waals surface area contributed by atoms with Gasteiger partial charge in [-0.05, 0) is 31.4 Å². The van der Waals surface area contributed by atoms with Crippen molar-refractivity contribution in [2.75, 3.05) is 13.2 Å². The first-order valence-corrected chi connectivity index (χ1v) is 6.30. The molecule has 1 aromatic heterocycles. The molecular weight excluding hydrogens is 235 g/mol. The Morgan fingerprint density at radius 1 is 1.44 bits per heavy atom. The Balaban J connectivity index is 1.81. The van der Waals surface area contributed by atoms with E-state index in [4.69, 9.17) is 4.74 Å². The second kappa shape index (κ2) is 4.65. The summed E-state index contributed by atoms with van der Waals surface area (Å²) in [4.78, 5) is 17.8. The lowest BCUT2D eigenvalue weighted by atomic mass is 10.1. The monoisotopic (exact) mass is 250 g/mol. The number of morpholine rings is 1. The summed E-state index contributed by atoms with van der Waals surface area (Å²) in [7, 11) is 0. The highest BCUT2D eigenvalue weighted by atomic mass is 19.1. The predicted octanol–water partition coefficient (Wildman–Crippen LogP) is 1.61. The highest BCUT2D eigenvalue weighted by Gasteiger charge is 2.38. The molecule has 0 bridgehead atoms. The molecule has 2 atom stereocenters. The van der Waals surface area contributed by atoms with Gasteiger partial charge in [-0.3, -0.25) is 4.79 Å². The second-order valence-corrected chi connectivity index (χ2v) is 4.78. The summed E-state index contributed by atoms with van der Waals surface area (Å²) in [6, 6.07) is 2.89. The number of nitrogens with zero attached hydrogens (tertiary/aromatic N) is 2. The third-order valence-electron chi connectivity index (χ3n) is 3.72. The van der Waals surface area contributed by atoms with Crippen LogP contribution in [-0.2, 0) is 4.74 Å². The minimum atomic E-state index is -0.563. The van der Waals surface area contributed by atoms with Crippen molar-refractivity contribution in [2.45, 2.75) is 31.4 Å². The zero-order chi connectivity index (χ0) is 12.5. The van der Waals surface area contributed by atoms with Crippen LogP contribution in [0.5, 0.6) is 0 Å². The maximum Gasteiger partial charge on any atom is 0.255 e. The van der Waals surface area contributed by atoms with Crippen molar-refractivity contribution in [3.63, 3.8) is 0 Å². The molecule has 0 radical (unpaired) electrons. The van der Waals surface area contributed by atoms with Gasteiger partial charge in [-0.15, -0.1) is 0 Å². The van der Waals surface area contributed by atoms with Crippen LogP contribution in [0.3, 0.4) is 0 Å². The zero-order valence-corrected chi connectivity index (χ0v) is 10.0. The average molecular weight is 250 g/mol. The number of aromatic nitrogens is 1. The maximum absolute atomic E-state index is 12.8. The summed E-state index contributed by atoms with van der Waals surface area (Å²) in [5.74, 6) is -0.630. The summed E-state index contributed by atoms with van der Waals surface area (Å²) < 4.78 is 18.4. The molecule has 0 N–H and O–H groups in total. The smallest absolute Gasteiger partial charge is 0.255 e. The molecule has 1 saturated carbocycles. The number of hydrogen-bond acceptors (Lipinski definition) is 3. The molecule has 0 spiro atoms. The number of rotatable bonds is 1. The number of amides is 1. The van der Waals surface area contributed by atoms with Crippen LogP contribution in [-0.4, -0.2) is 41.1 Å². The van der Waals surface area contributed by atoms with E-state index in [2.05, 4.69) is 4.98 Å². The van der Waals surface area contributed by atoms with Crippen LogP contribution in [0.15, 0.2) is 18.3 Å². The highest BCUT2D eigenvalue weighted by molar-refractivity contribution is 5.94. The number of fused-ring (bicyclic) bond motifs is 1. The van der Waals surface area contributed by atoms with E-state index in [0.717, 1.165) is 19.3 Å². The highest BCUT2D eigenvalue weighted by Crippen LogP contribution is 2.30. The molecular formula is C13H15FN2O2. The van der Waals surface area contributed by atoms with E-state index < -0.39 is 5.95 Å². The SMILES string of the molecule is O=C(c1ccc(F)nc1)N1CCOC2CCCC21. The fourth-order valence-electron chi connectivity index (χ4n) is 2.85. The summed E-state index contributed by atoms with van der Waals surface area (Å²) in [6.45, 7) is 1.19. The summed E-state index contributed by atoms with van der Waals surface area (Å²) >= 11 is 0. The molecule has 2 heterocycles. The average Bonchev–Trinajstić information content (AvgIpc) is 2.87. The lowest BCUT2D eigenvalue weighted by Crippen LogP contribution is -2.51. The van der Waals surface area contributed by atoms with Crippen molar-refractivity contribution in [3.8, 4) is 0 Å². The molecule has 2 unspecified atom stereocenters. The van der Waals surface area contributed by atoms with Crippen LogP contribution < -0.4 is 0 Å². The van der Waals surface area contributed by atoms with E-state index in [1.54, 1.807) is 0 Å². The molecule has 1 amide bonds. The van der Waals surface area contributed by atoms with Crippen molar-refractivity contribution in [3.05, 3.63) is 29.8 Å². The summed E-state index contributed by atoms with van der Waals surface area (Å²) in [5, 5.41) is 0. The molecule has 2 aliphatic rings. The normalized spacial score (nSPS) is 27.1. The lowest BCUT2D eigenvalue weighted by molar-refractivity contribution is -0.0445. The Morgan fingerprint density at radius 3 is 3.11 bits per heavy atom. The molecule has 3 rings (SSSR count). The largest absolute Gasteiger partial charge is 0.374 e. The standard InChI is InChI=1S/C13H15FN2O2/c14-12-5-4-9(8-15-12)13(17)16-6-7-18-11-3-1-2-10(11)16/h4-5,8,10-11H,1-3,6-7H2. The van der Waals surface area contributed by atoms with Gasteiger partial charge in [0.25, 0.3) is 5.91 Å². The molecule has 4 nitrogen and oxygen atoms in total. The van der Waals surface area contributed by atoms with Gasteiger partial charge in [0.1, 0.15) is 0 Å². The van der Waals surface area contributed by atoms with Gasteiger partial charge in [0.15, 0.2) is 0 Å². The Hall–Kier alpha value is -1.49. The third-order valence-corrected chi connectivity index (χ3v) is 3.72. The van der Waals surface area contributed by atoms with Crippen molar-refractivity contribution < 1.29 is 13.9 Å². The predicted molar refractivity (Wildman–Crippen MR) is 62.6 cm³/mol. The number of ether oxygens (including phenoxy) is 1. The molecule has 2 fully saturated rings. The molecule has 5 heteroatoms. The van der Waals surface area contributed by atoms with Gasteiger partial charge in [-0.25, -0.2) is 4.98 Å². The van der Waals surface area contributed by atoms with E-state index in [-0.39, 0.29) is 18.1 Å². The number of hydrogen-bond donors (Lipinski definition) is 0. The van der Waals surface area contributed by atoms with Gasteiger partial charge in [0.05, 0.1) is 24.3 Å². The van der Waals surface area contributed by atoms with E-state index in [1.807, 2.05) is 4.90 Å². The molecule has 1 aliphatic carbocycles. The van der Waals surface area contributed by atoms with Crippen LogP contribution in [0, 0.1) is 5.95 Å². The van der Waals surface area contributed by atoms with Crippen LogP contribution in [0.25, 0.3) is 0 Å². The summed E-state index contributed by atoms with van der Waals surface area (Å²) in [6.07, 6.45) is 4.59. The van der Waals surface area contributed by atoms with Gasteiger partial charge < -0.3 is 9.64 Å². The van der Waals surface area contributed by atoms with Crippen molar-refractivity contribution in [2.24, 2.45) is 0 Å². The number of carbonyl (C=O) groups excluding carboxylic acids is 1. The molecule has 0 aromatic carbocycles. The van der Waals surface area contributed by atoms with Crippen LogP contribution in [0.1, 0.15) is 29.6 Å². The first kappa shape index (κ1) is 11.6. The molecule has 96 valence electrons. The minimum absolute atomic E-state index is 0.0669. The van der Waals surface area contributed by atoms with Crippen LogP contribution in [0.2, 0.25) is 0 Å². The quantitative estimate of drug-likeness (QED) is 0.711. The van der Waals surface area contributed by atoms with E-state index >= 15 is 0 Å². The minimum Gasteiger partial charge on any atom is -0.374 e. The van der Waals surface area contributed by atoms with Crippen molar-refractivity contribution >= 4 is 5.91 Å². The Bertz CT molecular complexity index is 449. The van der Waals surface area contributed by atoms with Crippen molar-refractivity contribution in [1.29, 1.82) is 0 Å². The van der Waals surface area contributed by atoms with Gasteiger partial charge in [-0.1, -0.05) is 0 Å². The van der Waals surface area contributed by atoms with Gasteiger partial charge in [0.2, 0.25) is 5.95 Å². The van der Waals surface area contributed by atoms with Gasteiger partial charge in [0, 0.05) is 12.7 Å². The maximum atomic E-state index is 12.8. The Kier molecular flexibility index (Phi) is 2.99. The molecule has 18 heavy (non-hydrogen) atoms. The molecule has 1 saturated heterocycles. The molecule has 1 aliphatic heterocycles. The fourth-order valence-corrected chi connectivity index (χ4v) is 2.85. The summed E-state index contributed by atoms with van der Waals surface area (Å²) in [5.41, 5.74) is 0.448. The fraction of sp³-hybridized carbons (Fsp3) is 0.538. The van der Waals surface area contributed by atoms with E-state index in [9.17, 15) is 9.18 Å². The second-order valence-electron chi connectivity index (χ2n) is 4.78.